The molecule has 0 aliphatic heterocycles. The fourth-order valence-electron chi connectivity index (χ4n) is 1.80. The monoisotopic (exact) mass is 303 g/mol. The van der Waals surface area contributed by atoms with E-state index in [4.69, 9.17) is 0 Å². The Bertz CT molecular complexity index is 501. The van der Waals surface area contributed by atoms with Crippen LogP contribution >= 0.6 is 0 Å². The molecule has 1 rings (SSSR count). The Morgan fingerprint density at radius 2 is 2.00 bits per heavy atom. The van der Waals surface area contributed by atoms with Crippen LogP contribution in [-0.4, -0.2) is 42.1 Å². The molecule has 1 N–H and O–H groups in total. The Labute approximate surface area is 122 Å². The highest BCUT2D eigenvalue weighted by Gasteiger charge is 2.31. The van der Waals surface area contributed by atoms with Crippen LogP contribution in [0.5, 0.6) is 0 Å². The lowest BCUT2D eigenvalue weighted by atomic mass is 10.1. The van der Waals surface area contributed by atoms with Gasteiger partial charge in [-0.05, 0) is 25.0 Å². The van der Waals surface area contributed by atoms with Crippen molar-refractivity contribution in [2.24, 2.45) is 0 Å². The largest absolute Gasteiger partial charge is 0.406 e. The number of carbonyl (C=O) groups is 1. The van der Waals surface area contributed by atoms with Gasteiger partial charge in [-0.1, -0.05) is 13.8 Å². The molecule has 0 saturated carbocycles. The average Bonchev–Trinajstić information content (AvgIpc) is 2.35. The number of hydrogen-bond donors (Lipinski definition) is 1. The molecule has 0 bridgehead atoms. The zero-order chi connectivity index (χ0) is 16.2. The van der Waals surface area contributed by atoms with Crippen LogP contribution in [-0.2, 0) is 0 Å². The van der Waals surface area contributed by atoms with Crippen molar-refractivity contribution in [3.63, 3.8) is 0 Å². The van der Waals surface area contributed by atoms with Gasteiger partial charge in [0.25, 0.3) is 5.91 Å². The third-order valence-corrected chi connectivity index (χ3v) is 2.80. The summed E-state index contributed by atoms with van der Waals surface area (Å²) >= 11 is 0. The van der Waals surface area contributed by atoms with Crippen molar-refractivity contribution >= 4 is 11.7 Å². The van der Waals surface area contributed by atoms with Gasteiger partial charge in [-0.2, -0.15) is 13.2 Å². The van der Waals surface area contributed by atoms with Gasteiger partial charge in [-0.3, -0.25) is 4.79 Å². The zero-order valence-corrected chi connectivity index (χ0v) is 12.6. The number of rotatable bonds is 5. The summed E-state index contributed by atoms with van der Waals surface area (Å²) in [6, 6.07) is 3.02. The summed E-state index contributed by atoms with van der Waals surface area (Å²) in [7, 11) is 1.14. The molecule has 118 valence electrons. The smallest absolute Gasteiger partial charge is 0.370 e. The molecule has 4 nitrogen and oxygen atoms in total. The van der Waals surface area contributed by atoms with Crippen LogP contribution in [0.4, 0.5) is 19.0 Å². The third-order valence-electron chi connectivity index (χ3n) is 2.80. The number of carbonyl (C=O) groups excluding carboxylic acids is 1. The molecule has 0 saturated heterocycles. The minimum atomic E-state index is -4.41. The first-order valence-electron chi connectivity index (χ1n) is 6.72. The molecule has 1 aromatic heterocycles. The van der Waals surface area contributed by atoms with Gasteiger partial charge in [-0.15, -0.1) is 0 Å². The Kier molecular flexibility index (Phi) is 5.57. The van der Waals surface area contributed by atoms with E-state index in [1.54, 1.807) is 6.07 Å². The Morgan fingerprint density at radius 3 is 2.48 bits per heavy atom. The second kappa shape index (κ2) is 6.78. The molecule has 0 fully saturated rings. The standard InChI is InChI=1S/C14H20F3N3O/c1-5-18-12-7-10(6-11(19-12)9(2)3)13(21)20(4)8-14(15,16)17/h6-7,9H,5,8H2,1-4H3,(H,18,19). The van der Waals surface area contributed by atoms with E-state index in [2.05, 4.69) is 10.3 Å². The molecule has 7 heteroatoms. The molecule has 21 heavy (non-hydrogen) atoms. The van der Waals surface area contributed by atoms with Crippen molar-refractivity contribution in [3.05, 3.63) is 23.4 Å². The van der Waals surface area contributed by atoms with Crippen LogP contribution in [0.1, 0.15) is 42.7 Å². The lowest BCUT2D eigenvalue weighted by Crippen LogP contribution is -2.36. The summed E-state index contributed by atoms with van der Waals surface area (Å²) in [4.78, 5) is 17.1. The Balaban J connectivity index is 3.07. The second-order valence-corrected chi connectivity index (χ2v) is 5.13. The maximum Gasteiger partial charge on any atom is 0.406 e. The number of amides is 1. The van der Waals surface area contributed by atoms with Crippen molar-refractivity contribution in [3.8, 4) is 0 Å². The first-order chi connectivity index (χ1) is 9.64. The first kappa shape index (κ1) is 17.3. The number of alkyl halides is 3. The fourth-order valence-corrected chi connectivity index (χ4v) is 1.80. The van der Waals surface area contributed by atoms with Gasteiger partial charge in [0.1, 0.15) is 12.4 Å². The molecule has 1 heterocycles. The minimum absolute atomic E-state index is 0.0723. The summed E-state index contributed by atoms with van der Waals surface area (Å²) in [6.07, 6.45) is -4.41. The molecule has 1 aromatic rings. The van der Waals surface area contributed by atoms with E-state index in [-0.39, 0.29) is 11.5 Å². The van der Waals surface area contributed by atoms with Gasteiger partial charge in [0.05, 0.1) is 0 Å². The number of anilines is 1. The minimum Gasteiger partial charge on any atom is -0.370 e. The average molecular weight is 303 g/mol. The van der Waals surface area contributed by atoms with Crippen LogP contribution in [0.25, 0.3) is 0 Å². The van der Waals surface area contributed by atoms with Gasteiger partial charge in [0.15, 0.2) is 0 Å². The first-order valence-corrected chi connectivity index (χ1v) is 6.72. The van der Waals surface area contributed by atoms with Crippen LogP contribution < -0.4 is 5.32 Å². The Hall–Kier alpha value is -1.79. The molecule has 0 aromatic carbocycles. The summed E-state index contributed by atoms with van der Waals surface area (Å²) in [5.41, 5.74) is 0.869. The van der Waals surface area contributed by atoms with Gasteiger partial charge >= 0.3 is 6.18 Å². The highest BCUT2D eigenvalue weighted by Crippen LogP contribution is 2.21. The lowest BCUT2D eigenvalue weighted by Gasteiger charge is -2.20. The molecule has 0 aliphatic rings. The predicted molar refractivity (Wildman–Crippen MR) is 75.5 cm³/mol. The SMILES string of the molecule is CCNc1cc(C(=O)N(C)CC(F)(F)F)cc(C(C)C)n1. The van der Waals surface area contributed by atoms with E-state index < -0.39 is 18.6 Å². The number of halogens is 3. The topological polar surface area (TPSA) is 45.2 Å². The van der Waals surface area contributed by atoms with Crippen LogP contribution in [0.15, 0.2) is 12.1 Å². The number of aromatic nitrogens is 1. The lowest BCUT2D eigenvalue weighted by molar-refractivity contribution is -0.138. The highest BCUT2D eigenvalue weighted by atomic mass is 19.4. The molecule has 0 spiro atoms. The maximum atomic E-state index is 12.4. The summed E-state index contributed by atoms with van der Waals surface area (Å²) in [5, 5.41) is 2.98. The Morgan fingerprint density at radius 1 is 1.38 bits per heavy atom. The van der Waals surface area contributed by atoms with Crippen molar-refractivity contribution in [2.75, 3.05) is 25.5 Å². The van der Waals surface area contributed by atoms with Gasteiger partial charge in [0.2, 0.25) is 0 Å². The molecule has 0 atom stereocenters. The van der Waals surface area contributed by atoms with Crippen LogP contribution in [0.2, 0.25) is 0 Å². The molecular formula is C14H20F3N3O. The van der Waals surface area contributed by atoms with Gasteiger partial charge in [-0.25, -0.2) is 4.98 Å². The van der Waals surface area contributed by atoms with Crippen molar-refractivity contribution < 1.29 is 18.0 Å². The quantitative estimate of drug-likeness (QED) is 0.908. The zero-order valence-electron chi connectivity index (χ0n) is 12.6. The normalized spacial score (nSPS) is 11.6. The van der Waals surface area contributed by atoms with E-state index >= 15 is 0 Å². The third kappa shape index (κ3) is 5.24. The van der Waals surface area contributed by atoms with E-state index in [9.17, 15) is 18.0 Å². The molecule has 1 amide bonds. The highest BCUT2D eigenvalue weighted by molar-refractivity contribution is 5.95. The summed E-state index contributed by atoms with van der Waals surface area (Å²) < 4.78 is 37.1. The maximum absolute atomic E-state index is 12.4. The van der Waals surface area contributed by atoms with E-state index in [1.165, 1.54) is 6.07 Å². The number of nitrogens with one attached hydrogen (secondary N) is 1. The molecule has 0 unspecified atom stereocenters. The predicted octanol–water partition coefficient (Wildman–Crippen LogP) is 3.27. The molecule has 0 radical (unpaired) electrons. The fraction of sp³-hybridized carbons (Fsp3) is 0.571. The van der Waals surface area contributed by atoms with Gasteiger partial charge in [0, 0.05) is 24.8 Å². The van der Waals surface area contributed by atoms with Crippen molar-refractivity contribution in [2.45, 2.75) is 32.9 Å². The van der Waals surface area contributed by atoms with E-state index in [0.29, 0.717) is 23.0 Å². The number of hydrogen-bond acceptors (Lipinski definition) is 3. The van der Waals surface area contributed by atoms with Crippen molar-refractivity contribution in [1.29, 1.82) is 0 Å². The summed E-state index contributed by atoms with van der Waals surface area (Å²) in [6.45, 7) is 5.03. The van der Waals surface area contributed by atoms with Crippen molar-refractivity contribution in [1.82, 2.24) is 9.88 Å². The summed E-state index contributed by atoms with van der Waals surface area (Å²) in [5.74, 6) is -0.105. The molecule has 0 aliphatic carbocycles. The second-order valence-electron chi connectivity index (χ2n) is 5.13. The van der Waals surface area contributed by atoms with E-state index in [0.717, 1.165) is 7.05 Å². The van der Waals surface area contributed by atoms with Gasteiger partial charge < -0.3 is 10.2 Å². The molecular weight excluding hydrogens is 283 g/mol. The number of pyridine rings is 1. The van der Waals surface area contributed by atoms with Crippen LogP contribution in [0.3, 0.4) is 0 Å². The van der Waals surface area contributed by atoms with Crippen LogP contribution in [0, 0.1) is 0 Å². The van der Waals surface area contributed by atoms with E-state index in [1.807, 2.05) is 20.8 Å². The number of nitrogens with zero attached hydrogens (tertiary/aromatic N) is 2.